The molecule has 2 N–H and O–H groups in total. The Kier molecular flexibility index (Phi) is 3.16. The summed E-state index contributed by atoms with van der Waals surface area (Å²) in [6.07, 6.45) is 1.21. The lowest BCUT2D eigenvalue weighted by Gasteiger charge is -2.19. The van der Waals surface area contributed by atoms with E-state index in [1.165, 1.54) is 6.42 Å². The molecule has 2 heterocycles. The van der Waals surface area contributed by atoms with Crippen molar-refractivity contribution < 1.29 is 4.42 Å². The minimum absolute atomic E-state index is 0.639. The number of benzene rings is 1. The first-order chi connectivity index (χ1) is 9.11. The van der Waals surface area contributed by atoms with Gasteiger partial charge in [0.25, 0.3) is 0 Å². The minimum Gasteiger partial charge on any atom is -0.439 e. The SMILES string of the molecule is CN(C)C1CCN(Cc2nc3ccc(N)cc3o2)C1. The van der Waals surface area contributed by atoms with Gasteiger partial charge in [0, 0.05) is 30.9 Å². The lowest BCUT2D eigenvalue weighted by Crippen LogP contribution is -2.31. The largest absolute Gasteiger partial charge is 0.439 e. The highest BCUT2D eigenvalue weighted by molar-refractivity contribution is 5.76. The predicted molar refractivity (Wildman–Crippen MR) is 75.8 cm³/mol. The summed E-state index contributed by atoms with van der Waals surface area (Å²) >= 11 is 0. The summed E-state index contributed by atoms with van der Waals surface area (Å²) in [6.45, 7) is 2.95. The molecule has 102 valence electrons. The van der Waals surface area contributed by atoms with E-state index >= 15 is 0 Å². The maximum absolute atomic E-state index is 5.76. The van der Waals surface area contributed by atoms with Gasteiger partial charge in [-0.1, -0.05) is 0 Å². The van der Waals surface area contributed by atoms with Crippen molar-refractivity contribution in [2.45, 2.75) is 19.0 Å². The third-order valence-electron chi connectivity index (χ3n) is 3.79. The van der Waals surface area contributed by atoms with Crippen LogP contribution in [-0.4, -0.2) is 48.0 Å². The maximum atomic E-state index is 5.76. The molecule has 0 radical (unpaired) electrons. The van der Waals surface area contributed by atoms with Gasteiger partial charge < -0.3 is 15.1 Å². The lowest BCUT2D eigenvalue weighted by molar-refractivity contribution is 0.250. The average molecular weight is 260 g/mol. The van der Waals surface area contributed by atoms with Crippen LogP contribution in [-0.2, 0) is 6.54 Å². The number of nitrogens with two attached hydrogens (primary N) is 1. The predicted octanol–water partition coefficient (Wildman–Crippen LogP) is 1.55. The first-order valence-corrected chi connectivity index (χ1v) is 6.65. The van der Waals surface area contributed by atoms with Crippen LogP contribution in [0.1, 0.15) is 12.3 Å². The Hall–Kier alpha value is -1.59. The van der Waals surface area contributed by atoms with Gasteiger partial charge in [0.1, 0.15) is 5.52 Å². The molecule has 1 fully saturated rings. The molecule has 0 bridgehead atoms. The normalized spacial score (nSPS) is 20.7. The Morgan fingerprint density at radius 1 is 1.47 bits per heavy atom. The van der Waals surface area contributed by atoms with Gasteiger partial charge in [-0.15, -0.1) is 0 Å². The molecule has 1 aromatic carbocycles. The highest BCUT2D eigenvalue weighted by atomic mass is 16.3. The molecular weight excluding hydrogens is 240 g/mol. The third-order valence-corrected chi connectivity index (χ3v) is 3.79. The molecule has 3 rings (SSSR count). The van der Waals surface area contributed by atoms with E-state index in [-0.39, 0.29) is 0 Å². The van der Waals surface area contributed by atoms with Crippen LogP contribution in [0.2, 0.25) is 0 Å². The van der Waals surface area contributed by atoms with Crippen molar-refractivity contribution in [3.63, 3.8) is 0 Å². The van der Waals surface area contributed by atoms with E-state index in [9.17, 15) is 0 Å². The number of likely N-dealkylation sites (tertiary alicyclic amines) is 1. The quantitative estimate of drug-likeness (QED) is 0.848. The molecule has 1 aliphatic rings. The number of likely N-dealkylation sites (N-methyl/N-ethyl adjacent to an activating group) is 1. The molecule has 1 unspecified atom stereocenters. The van der Waals surface area contributed by atoms with Gasteiger partial charge in [-0.2, -0.15) is 0 Å². The second-order valence-corrected chi connectivity index (χ2v) is 5.48. The van der Waals surface area contributed by atoms with Crippen molar-refractivity contribution in [3.8, 4) is 0 Å². The highest BCUT2D eigenvalue weighted by Crippen LogP contribution is 2.21. The van der Waals surface area contributed by atoms with Gasteiger partial charge in [-0.25, -0.2) is 4.98 Å². The fourth-order valence-corrected chi connectivity index (χ4v) is 2.63. The summed E-state index contributed by atoms with van der Waals surface area (Å²) < 4.78 is 5.76. The third kappa shape index (κ3) is 2.57. The van der Waals surface area contributed by atoms with Crippen molar-refractivity contribution in [2.24, 2.45) is 0 Å². The molecule has 0 aliphatic carbocycles. The van der Waals surface area contributed by atoms with Gasteiger partial charge in [0.05, 0.1) is 6.54 Å². The van der Waals surface area contributed by atoms with E-state index in [1.807, 2.05) is 18.2 Å². The monoisotopic (exact) mass is 260 g/mol. The number of oxazole rings is 1. The second kappa shape index (κ2) is 4.83. The molecule has 0 saturated carbocycles. The van der Waals surface area contributed by atoms with Crippen molar-refractivity contribution in [3.05, 3.63) is 24.1 Å². The van der Waals surface area contributed by atoms with Crippen LogP contribution in [0.3, 0.4) is 0 Å². The van der Waals surface area contributed by atoms with Crippen molar-refractivity contribution in [1.29, 1.82) is 0 Å². The van der Waals surface area contributed by atoms with Crippen LogP contribution in [0.15, 0.2) is 22.6 Å². The zero-order valence-corrected chi connectivity index (χ0v) is 11.5. The van der Waals surface area contributed by atoms with Gasteiger partial charge in [0.2, 0.25) is 5.89 Å². The van der Waals surface area contributed by atoms with Crippen LogP contribution >= 0.6 is 0 Å². The van der Waals surface area contributed by atoms with Crippen molar-refractivity contribution in [2.75, 3.05) is 32.9 Å². The second-order valence-electron chi connectivity index (χ2n) is 5.48. The Morgan fingerprint density at radius 3 is 3.05 bits per heavy atom. The van der Waals surface area contributed by atoms with E-state index in [0.717, 1.165) is 36.6 Å². The Bertz CT molecular complexity index is 578. The molecule has 19 heavy (non-hydrogen) atoms. The fraction of sp³-hybridized carbons (Fsp3) is 0.500. The number of hydrogen-bond acceptors (Lipinski definition) is 5. The first-order valence-electron chi connectivity index (χ1n) is 6.65. The number of hydrogen-bond donors (Lipinski definition) is 1. The Morgan fingerprint density at radius 2 is 2.32 bits per heavy atom. The van der Waals surface area contributed by atoms with Gasteiger partial charge in [0.15, 0.2) is 5.58 Å². The van der Waals surface area contributed by atoms with Crippen LogP contribution in [0, 0.1) is 0 Å². The Balaban J connectivity index is 1.72. The van der Waals surface area contributed by atoms with Crippen molar-refractivity contribution in [1.82, 2.24) is 14.8 Å². The summed E-state index contributed by atoms with van der Waals surface area (Å²) in [5, 5.41) is 0. The van der Waals surface area contributed by atoms with Gasteiger partial charge >= 0.3 is 0 Å². The number of rotatable bonds is 3. The molecule has 2 aromatic rings. The standard InChI is InChI=1S/C14H20N4O/c1-17(2)11-5-6-18(8-11)9-14-16-12-4-3-10(15)7-13(12)19-14/h3-4,7,11H,5-6,8-9,15H2,1-2H3. The van der Waals surface area contributed by atoms with Crippen LogP contribution < -0.4 is 5.73 Å². The summed E-state index contributed by atoms with van der Waals surface area (Å²) in [6, 6.07) is 6.23. The molecule has 1 atom stereocenters. The molecule has 5 nitrogen and oxygen atoms in total. The average Bonchev–Trinajstić information content (AvgIpc) is 2.95. The Labute approximate surface area is 113 Å². The first kappa shape index (κ1) is 12.4. The summed E-state index contributed by atoms with van der Waals surface area (Å²) in [7, 11) is 4.27. The number of fused-ring (bicyclic) bond motifs is 1. The fourth-order valence-electron chi connectivity index (χ4n) is 2.63. The molecule has 5 heteroatoms. The van der Waals surface area contributed by atoms with Crippen molar-refractivity contribution >= 4 is 16.8 Å². The number of aromatic nitrogens is 1. The van der Waals surface area contributed by atoms with Gasteiger partial charge in [-0.3, -0.25) is 4.90 Å². The molecule has 1 aromatic heterocycles. The molecule has 1 saturated heterocycles. The highest BCUT2D eigenvalue weighted by Gasteiger charge is 2.25. The van der Waals surface area contributed by atoms with E-state index in [4.69, 9.17) is 10.2 Å². The summed E-state index contributed by atoms with van der Waals surface area (Å²) in [5.41, 5.74) is 8.11. The maximum Gasteiger partial charge on any atom is 0.209 e. The van der Waals surface area contributed by atoms with E-state index < -0.39 is 0 Å². The smallest absolute Gasteiger partial charge is 0.209 e. The van der Waals surface area contributed by atoms with E-state index in [1.54, 1.807) is 0 Å². The van der Waals surface area contributed by atoms with E-state index in [2.05, 4.69) is 28.9 Å². The summed E-state index contributed by atoms with van der Waals surface area (Å²) in [4.78, 5) is 9.18. The zero-order chi connectivity index (χ0) is 13.4. The lowest BCUT2D eigenvalue weighted by atomic mass is 10.2. The molecule has 1 aliphatic heterocycles. The number of nitrogen functional groups attached to an aromatic ring is 1. The van der Waals surface area contributed by atoms with Crippen LogP contribution in [0.5, 0.6) is 0 Å². The van der Waals surface area contributed by atoms with E-state index in [0.29, 0.717) is 11.7 Å². The zero-order valence-electron chi connectivity index (χ0n) is 11.5. The van der Waals surface area contributed by atoms with Gasteiger partial charge in [-0.05, 0) is 32.6 Å². The summed E-state index contributed by atoms with van der Waals surface area (Å²) in [5.74, 6) is 0.778. The molecular formula is C14H20N4O. The van der Waals surface area contributed by atoms with Crippen LogP contribution in [0.4, 0.5) is 5.69 Å². The topological polar surface area (TPSA) is 58.5 Å². The number of anilines is 1. The molecule has 0 amide bonds. The molecule has 0 spiro atoms. The minimum atomic E-state index is 0.639. The van der Waals surface area contributed by atoms with Crippen LogP contribution in [0.25, 0.3) is 11.1 Å². The number of nitrogens with zero attached hydrogens (tertiary/aromatic N) is 3.